The van der Waals surface area contributed by atoms with Crippen LogP contribution in [0.25, 0.3) is 0 Å². The van der Waals surface area contributed by atoms with Gasteiger partial charge in [-0.2, -0.15) is 0 Å². The van der Waals surface area contributed by atoms with Gasteiger partial charge in [0.05, 0.1) is 24.5 Å². The quantitative estimate of drug-likeness (QED) is 0.433. The van der Waals surface area contributed by atoms with Crippen LogP contribution >= 0.6 is 0 Å². The fourth-order valence-corrected chi connectivity index (χ4v) is 4.44. The van der Waals surface area contributed by atoms with Crippen LogP contribution in [0.3, 0.4) is 0 Å². The Hall–Kier alpha value is -3.11. The Labute approximate surface area is 191 Å². The molecule has 2 heterocycles. The van der Waals surface area contributed by atoms with Gasteiger partial charge >= 0.3 is 0 Å². The first-order valence-corrected chi connectivity index (χ1v) is 11.2. The minimum Gasteiger partial charge on any atom is -0.374 e. The summed E-state index contributed by atoms with van der Waals surface area (Å²) in [7, 11) is 0. The monoisotopic (exact) mass is 464 g/mol. The number of alkyl halides is 2. The largest absolute Gasteiger partial charge is 0.374 e. The van der Waals surface area contributed by atoms with Crippen LogP contribution < -0.4 is 16.4 Å². The van der Waals surface area contributed by atoms with E-state index in [-0.39, 0.29) is 42.5 Å². The Morgan fingerprint density at radius 1 is 1.33 bits per heavy atom. The van der Waals surface area contributed by atoms with Gasteiger partial charge in [-0.1, -0.05) is 19.8 Å². The van der Waals surface area contributed by atoms with Crippen LogP contribution in [0.15, 0.2) is 18.5 Å². The van der Waals surface area contributed by atoms with Gasteiger partial charge in [0, 0.05) is 24.7 Å². The van der Waals surface area contributed by atoms with E-state index in [1.54, 1.807) is 0 Å². The van der Waals surface area contributed by atoms with Crippen molar-refractivity contribution in [3.05, 3.63) is 24.0 Å². The van der Waals surface area contributed by atoms with Crippen LogP contribution in [0.5, 0.6) is 0 Å². The minimum atomic E-state index is -2.95. The molecular formula is C22H30F2N6O3. The number of anilines is 1. The standard InChI is InChI=1S/C22H30F2N6O3/c1-2-13-9-16(21(33)29-17-5-3-4-7-22(17,23)24)30(12-13)18(31)11-28-15-10-27-8-6-14(15)19(25)20(26)32/h6,8,10,13,16-17,25,28H,2-5,7,9,11-12H2,1H3,(H2,26,32)(H,29,33). The number of hydrogen-bond acceptors (Lipinski definition) is 6. The molecule has 1 aromatic heterocycles. The summed E-state index contributed by atoms with van der Waals surface area (Å²) in [5.41, 5.74) is 5.24. The zero-order chi connectivity index (χ0) is 24.2. The average Bonchev–Trinajstić information content (AvgIpc) is 3.23. The van der Waals surface area contributed by atoms with Crippen molar-refractivity contribution in [1.82, 2.24) is 15.2 Å². The third-order valence-electron chi connectivity index (χ3n) is 6.43. The fourth-order valence-electron chi connectivity index (χ4n) is 4.44. The Morgan fingerprint density at radius 3 is 2.76 bits per heavy atom. The lowest BCUT2D eigenvalue weighted by atomic mass is 9.91. The molecule has 0 radical (unpaired) electrons. The molecule has 3 amide bonds. The van der Waals surface area contributed by atoms with Crippen molar-refractivity contribution in [2.45, 2.75) is 63.5 Å². The van der Waals surface area contributed by atoms with Crippen LogP contribution in [-0.2, 0) is 14.4 Å². The third kappa shape index (κ3) is 5.63. The van der Waals surface area contributed by atoms with E-state index in [2.05, 4.69) is 15.6 Å². The summed E-state index contributed by atoms with van der Waals surface area (Å²) in [6.45, 7) is 2.09. The predicted molar refractivity (Wildman–Crippen MR) is 118 cm³/mol. The lowest BCUT2D eigenvalue weighted by Gasteiger charge is -2.33. The first-order valence-electron chi connectivity index (χ1n) is 11.2. The maximum absolute atomic E-state index is 14.2. The zero-order valence-corrected chi connectivity index (χ0v) is 18.6. The van der Waals surface area contributed by atoms with Gasteiger partial charge in [-0.05, 0) is 31.2 Å². The summed E-state index contributed by atoms with van der Waals surface area (Å²) in [5, 5.41) is 13.2. The van der Waals surface area contributed by atoms with Crippen molar-refractivity contribution in [1.29, 1.82) is 5.41 Å². The Bertz CT molecular complexity index is 925. The summed E-state index contributed by atoms with van der Waals surface area (Å²) in [5.74, 6) is -4.72. The zero-order valence-electron chi connectivity index (χ0n) is 18.6. The highest BCUT2D eigenvalue weighted by molar-refractivity contribution is 6.44. The molecule has 1 aromatic rings. The summed E-state index contributed by atoms with van der Waals surface area (Å²) in [6.07, 6.45) is 4.96. The van der Waals surface area contributed by atoms with Gasteiger partial charge in [-0.15, -0.1) is 0 Å². The Balaban J connectivity index is 1.69. The molecule has 0 aromatic carbocycles. The van der Waals surface area contributed by atoms with E-state index in [0.717, 1.165) is 6.42 Å². The molecule has 1 aliphatic carbocycles. The molecule has 3 rings (SSSR count). The van der Waals surface area contributed by atoms with E-state index >= 15 is 0 Å². The highest BCUT2D eigenvalue weighted by atomic mass is 19.3. The predicted octanol–water partition coefficient (Wildman–Crippen LogP) is 1.67. The molecule has 0 spiro atoms. The second-order valence-electron chi connectivity index (χ2n) is 8.65. The van der Waals surface area contributed by atoms with Gasteiger partial charge < -0.3 is 21.3 Å². The number of carbonyl (C=O) groups is 3. The third-order valence-corrected chi connectivity index (χ3v) is 6.43. The molecule has 33 heavy (non-hydrogen) atoms. The molecule has 1 saturated carbocycles. The van der Waals surface area contributed by atoms with Gasteiger partial charge in [-0.3, -0.25) is 24.8 Å². The fraction of sp³-hybridized carbons (Fsp3) is 0.591. The smallest absolute Gasteiger partial charge is 0.267 e. The number of pyridine rings is 1. The van der Waals surface area contributed by atoms with Crippen LogP contribution in [-0.4, -0.2) is 64.4 Å². The highest BCUT2D eigenvalue weighted by Gasteiger charge is 2.45. The topological polar surface area (TPSA) is 141 Å². The molecule has 1 aliphatic heterocycles. The van der Waals surface area contributed by atoms with Crippen LogP contribution in [0.1, 0.15) is 51.0 Å². The first-order chi connectivity index (χ1) is 15.6. The molecule has 11 heteroatoms. The SMILES string of the molecule is CCC1CC(C(=O)NC2CCCCC2(F)F)N(C(=O)CNc2cnccc2C(=N)C(N)=O)C1. The number of hydrogen-bond donors (Lipinski definition) is 4. The van der Waals surface area contributed by atoms with Gasteiger partial charge in [-0.25, -0.2) is 8.78 Å². The van der Waals surface area contributed by atoms with Crippen molar-refractivity contribution in [3.63, 3.8) is 0 Å². The van der Waals surface area contributed by atoms with E-state index in [9.17, 15) is 23.2 Å². The Morgan fingerprint density at radius 2 is 2.09 bits per heavy atom. The highest BCUT2D eigenvalue weighted by Crippen LogP contribution is 2.34. The second-order valence-corrected chi connectivity index (χ2v) is 8.65. The number of rotatable bonds is 8. The second kappa shape index (κ2) is 10.2. The van der Waals surface area contributed by atoms with Gasteiger partial charge in [0.15, 0.2) is 0 Å². The van der Waals surface area contributed by atoms with E-state index in [4.69, 9.17) is 11.1 Å². The lowest BCUT2D eigenvalue weighted by molar-refractivity contribution is -0.140. The van der Waals surface area contributed by atoms with Gasteiger partial charge in [0.2, 0.25) is 11.8 Å². The maximum Gasteiger partial charge on any atom is 0.267 e. The molecule has 1 saturated heterocycles. The van der Waals surface area contributed by atoms with Crippen molar-refractivity contribution < 1.29 is 23.2 Å². The summed E-state index contributed by atoms with van der Waals surface area (Å²) < 4.78 is 28.4. The number of primary amides is 1. The summed E-state index contributed by atoms with van der Waals surface area (Å²) in [4.78, 5) is 42.7. The van der Waals surface area contributed by atoms with Crippen LogP contribution in [0, 0.1) is 11.3 Å². The van der Waals surface area contributed by atoms with E-state index in [0.29, 0.717) is 25.8 Å². The molecule has 0 bridgehead atoms. The minimum absolute atomic E-state index is 0.0913. The molecule has 5 N–H and O–H groups in total. The molecule has 3 unspecified atom stereocenters. The van der Waals surface area contributed by atoms with Crippen molar-refractivity contribution in [3.8, 4) is 0 Å². The lowest BCUT2D eigenvalue weighted by Crippen LogP contribution is -2.55. The molecular weight excluding hydrogens is 434 g/mol. The maximum atomic E-state index is 14.2. The van der Waals surface area contributed by atoms with Crippen LogP contribution in [0.4, 0.5) is 14.5 Å². The molecule has 2 aliphatic rings. The van der Waals surface area contributed by atoms with Crippen LogP contribution in [0.2, 0.25) is 0 Å². The number of aromatic nitrogens is 1. The van der Waals surface area contributed by atoms with Crippen molar-refractivity contribution in [2.75, 3.05) is 18.4 Å². The van der Waals surface area contributed by atoms with Crippen molar-refractivity contribution in [2.24, 2.45) is 11.7 Å². The Kier molecular flexibility index (Phi) is 7.60. The number of halogens is 2. The van der Waals surface area contributed by atoms with Gasteiger partial charge in [0.1, 0.15) is 11.8 Å². The normalized spacial score (nSPS) is 24.2. The number of amides is 3. The van der Waals surface area contributed by atoms with E-state index < -0.39 is 35.5 Å². The first kappa shape index (κ1) is 24.5. The molecule has 2 fully saturated rings. The molecule has 3 atom stereocenters. The van der Waals surface area contributed by atoms with E-state index in [1.165, 1.54) is 23.4 Å². The van der Waals surface area contributed by atoms with Gasteiger partial charge in [0.25, 0.3) is 11.8 Å². The average molecular weight is 465 g/mol. The van der Waals surface area contributed by atoms with E-state index in [1.807, 2.05) is 6.92 Å². The summed E-state index contributed by atoms with van der Waals surface area (Å²) in [6, 6.07) is -0.602. The number of nitrogens with zero attached hydrogens (tertiary/aromatic N) is 2. The van der Waals surface area contributed by atoms with Crippen molar-refractivity contribution >= 4 is 29.1 Å². The summed E-state index contributed by atoms with van der Waals surface area (Å²) >= 11 is 0. The number of nitrogens with two attached hydrogens (primary N) is 1. The molecule has 180 valence electrons. The number of nitrogens with one attached hydrogen (secondary N) is 3. The number of likely N-dealkylation sites (tertiary alicyclic amines) is 1. The molecule has 9 nitrogen and oxygen atoms in total. The number of carbonyl (C=O) groups excluding carboxylic acids is 3.